The van der Waals surface area contributed by atoms with Gasteiger partial charge in [-0.25, -0.2) is 4.79 Å². The fourth-order valence-corrected chi connectivity index (χ4v) is 4.29. The summed E-state index contributed by atoms with van der Waals surface area (Å²) >= 11 is 0. The molecule has 0 radical (unpaired) electrons. The molecule has 8 heteroatoms. The van der Waals surface area contributed by atoms with E-state index >= 15 is 0 Å². The lowest BCUT2D eigenvalue weighted by molar-refractivity contribution is -0.0311. The third kappa shape index (κ3) is 7.93. The van der Waals surface area contributed by atoms with Crippen molar-refractivity contribution in [3.63, 3.8) is 0 Å². The monoisotopic (exact) mass is 365 g/mol. The van der Waals surface area contributed by atoms with Crippen LogP contribution in [0, 0.1) is 0 Å². The van der Waals surface area contributed by atoms with Crippen molar-refractivity contribution in [2.75, 3.05) is 33.0 Å². The Morgan fingerprint density at radius 1 is 0.833 bits per heavy atom. The Bertz CT molecular complexity index is 322. The molecular weight excluding hydrogens is 330 g/mol. The molecule has 0 aromatic heterocycles. The fourth-order valence-electron chi connectivity index (χ4n) is 2.38. The summed E-state index contributed by atoms with van der Waals surface area (Å²) in [5, 5.41) is 2.96. The number of alkyl carbamates (subject to hydrolysis) is 1. The van der Waals surface area contributed by atoms with Crippen LogP contribution in [0.5, 0.6) is 0 Å². The molecule has 0 aromatic carbocycles. The van der Waals surface area contributed by atoms with Crippen molar-refractivity contribution in [2.24, 2.45) is 0 Å². The van der Waals surface area contributed by atoms with Gasteiger partial charge in [-0.1, -0.05) is 13.8 Å². The Labute approximate surface area is 147 Å². The Kier molecular flexibility index (Phi) is 12.3. The molecule has 0 saturated carbocycles. The Balaban J connectivity index is 4.83. The second kappa shape index (κ2) is 12.7. The SMILES string of the molecule is CCOC(=O)NC(CC)(CC)CCO[Si](OCC)(OCC)OCC. The van der Waals surface area contributed by atoms with E-state index in [9.17, 15) is 4.79 Å². The number of hydrogen-bond acceptors (Lipinski definition) is 6. The lowest BCUT2D eigenvalue weighted by Crippen LogP contribution is -2.52. The standard InChI is InChI=1S/C16H35NO6Si/c1-7-16(8-2,17-15(18)19-9-3)13-14-23-24(20-10-4,21-11-5)22-12-6/h7-14H2,1-6H3,(H,17,18). The largest absolute Gasteiger partial charge is 0.679 e. The first-order valence-electron chi connectivity index (χ1n) is 8.97. The summed E-state index contributed by atoms with van der Waals surface area (Å²) in [4.78, 5) is 11.8. The van der Waals surface area contributed by atoms with Gasteiger partial charge in [0.05, 0.1) is 6.61 Å². The van der Waals surface area contributed by atoms with Gasteiger partial charge in [0, 0.05) is 32.0 Å². The molecule has 0 saturated heterocycles. The van der Waals surface area contributed by atoms with Crippen LogP contribution in [0.4, 0.5) is 4.79 Å². The summed E-state index contributed by atoms with van der Waals surface area (Å²) in [5.41, 5.74) is -0.378. The highest BCUT2D eigenvalue weighted by Crippen LogP contribution is 2.22. The van der Waals surface area contributed by atoms with E-state index < -0.39 is 15.1 Å². The first-order chi connectivity index (χ1) is 11.5. The number of carbonyl (C=O) groups is 1. The van der Waals surface area contributed by atoms with Gasteiger partial charge in [0.25, 0.3) is 0 Å². The van der Waals surface area contributed by atoms with Gasteiger partial charge in [-0.3, -0.25) is 0 Å². The highest BCUT2D eigenvalue weighted by molar-refractivity contribution is 6.53. The van der Waals surface area contributed by atoms with Gasteiger partial charge < -0.3 is 27.8 Å². The van der Waals surface area contributed by atoms with E-state index in [4.69, 9.17) is 22.4 Å². The van der Waals surface area contributed by atoms with E-state index in [0.29, 0.717) is 39.5 Å². The number of amides is 1. The van der Waals surface area contributed by atoms with Crippen molar-refractivity contribution in [2.45, 2.75) is 66.3 Å². The van der Waals surface area contributed by atoms with Crippen molar-refractivity contribution in [1.29, 1.82) is 0 Å². The van der Waals surface area contributed by atoms with Gasteiger partial charge in [0.1, 0.15) is 0 Å². The van der Waals surface area contributed by atoms with Crippen LogP contribution in [0.3, 0.4) is 0 Å². The van der Waals surface area contributed by atoms with Crippen LogP contribution in [0.2, 0.25) is 0 Å². The van der Waals surface area contributed by atoms with Crippen molar-refractivity contribution in [3.05, 3.63) is 0 Å². The van der Waals surface area contributed by atoms with Gasteiger partial charge in [-0.05, 0) is 47.0 Å². The van der Waals surface area contributed by atoms with Crippen LogP contribution in [-0.4, -0.2) is 53.7 Å². The summed E-state index contributed by atoms with van der Waals surface area (Å²) in [6.45, 7) is 13.6. The lowest BCUT2D eigenvalue weighted by Gasteiger charge is -2.34. The van der Waals surface area contributed by atoms with Crippen molar-refractivity contribution < 1.29 is 27.2 Å². The molecule has 0 aliphatic heterocycles. The maximum atomic E-state index is 11.8. The van der Waals surface area contributed by atoms with Crippen LogP contribution >= 0.6 is 0 Å². The maximum Gasteiger partial charge on any atom is 0.679 e. The molecule has 1 N–H and O–H groups in total. The second-order valence-electron chi connectivity index (χ2n) is 5.23. The van der Waals surface area contributed by atoms with Gasteiger partial charge in [-0.15, -0.1) is 0 Å². The first-order valence-corrected chi connectivity index (χ1v) is 10.6. The molecule has 0 fully saturated rings. The normalized spacial score (nSPS) is 12.2. The molecule has 0 spiro atoms. The topological polar surface area (TPSA) is 75.3 Å². The minimum Gasteiger partial charge on any atom is -0.450 e. The third-order valence-electron chi connectivity index (χ3n) is 3.82. The highest BCUT2D eigenvalue weighted by Gasteiger charge is 2.45. The van der Waals surface area contributed by atoms with Gasteiger partial charge >= 0.3 is 15.1 Å². The maximum absolute atomic E-state index is 11.8. The molecule has 144 valence electrons. The zero-order chi connectivity index (χ0) is 18.5. The quantitative estimate of drug-likeness (QED) is 0.476. The molecule has 0 rings (SSSR count). The predicted octanol–water partition coefficient (Wildman–Crippen LogP) is 3.24. The molecule has 0 bridgehead atoms. The predicted molar refractivity (Wildman–Crippen MR) is 94.7 cm³/mol. The van der Waals surface area contributed by atoms with Gasteiger partial charge in [0.15, 0.2) is 0 Å². The zero-order valence-electron chi connectivity index (χ0n) is 16.1. The Hall–Kier alpha value is -0.673. The Morgan fingerprint density at radius 2 is 1.33 bits per heavy atom. The van der Waals surface area contributed by atoms with Crippen molar-refractivity contribution in [3.8, 4) is 0 Å². The van der Waals surface area contributed by atoms with Crippen LogP contribution in [-0.2, 0) is 22.4 Å². The molecule has 7 nitrogen and oxygen atoms in total. The van der Waals surface area contributed by atoms with E-state index in [1.54, 1.807) is 6.92 Å². The number of hydrogen-bond donors (Lipinski definition) is 1. The van der Waals surface area contributed by atoms with Crippen LogP contribution in [0.25, 0.3) is 0 Å². The summed E-state index contributed by atoms with van der Waals surface area (Å²) < 4.78 is 28.0. The molecule has 0 aromatic rings. The van der Waals surface area contributed by atoms with Crippen molar-refractivity contribution in [1.82, 2.24) is 5.32 Å². The summed E-state index contributed by atoms with van der Waals surface area (Å²) in [7, 11) is -3.12. The smallest absolute Gasteiger partial charge is 0.450 e. The van der Waals surface area contributed by atoms with Crippen LogP contribution in [0.1, 0.15) is 60.8 Å². The number of rotatable bonds is 14. The van der Waals surface area contributed by atoms with E-state index in [-0.39, 0.29) is 5.54 Å². The van der Waals surface area contributed by atoms with Gasteiger partial charge in [0.2, 0.25) is 0 Å². The fraction of sp³-hybridized carbons (Fsp3) is 0.938. The minimum atomic E-state index is -3.12. The second-order valence-corrected chi connectivity index (χ2v) is 7.39. The molecule has 0 aliphatic rings. The third-order valence-corrected chi connectivity index (χ3v) is 6.30. The summed E-state index contributed by atoms with van der Waals surface area (Å²) in [5.74, 6) is 0. The first kappa shape index (κ1) is 23.3. The van der Waals surface area contributed by atoms with E-state index in [0.717, 1.165) is 12.8 Å². The highest BCUT2D eigenvalue weighted by atomic mass is 28.4. The number of ether oxygens (including phenoxy) is 1. The number of nitrogens with one attached hydrogen (secondary N) is 1. The minimum absolute atomic E-state index is 0.348. The zero-order valence-corrected chi connectivity index (χ0v) is 17.1. The Morgan fingerprint density at radius 3 is 1.71 bits per heavy atom. The number of carbonyl (C=O) groups excluding carboxylic acids is 1. The van der Waals surface area contributed by atoms with Crippen LogP contribution in [0.15, 0.2) is 0 Å². The molecule has 24 heavy (non-hydrogen) atoms. The van der Waals surface area contributed by atoms with Gasteiger partial charge in [-0.2, -0.15) is 0 Å². The average molecular weight is 366 g/mol. The van der Waals surface area contributed by atoms with E-state index in [1.165, 1.54) is 0 Å². The molecule has 0 atom stereocenters. The molecule has 0 heterocycles. The molecule has 1 amide bonds. The van der Waals surface area contributed by atoms with E-state index in [1.807, 2.05) is 34.6 Å². The van der Waals surface area contributed by atoms with Crippen LogP contribution < -0.4 is 5.32 Å². The lowest BCUT2D eigenvalue weighted by atomic mass is 9.89. The molecule has 0 aliphatic carbocycles. The summed E-state index contributed by atoms with van der Waals surface area (Å²) in [6, 6.07) is 0. The molecular formula is C16H35NO6Si. The average Bonchev–Trinajstić information content (AvgIpc) is 2.55. The summed E-state index contributed by atoms with van der Waals surface area (Å²) in [6.07, 6.45) is 1.78. The van der Waals surface area contributed by atoms with Crippen molar-refractivity contribution >= 4 is 15.1 Å². The van der Waals surface area contributed by atoms with E-state index in [2.05, 4.69) is 5.32 Å². The molecule has 0 unspecified atom stereocenters.